The van der Waals surface area contributed by atoms with Crippen molar-refractivity contribution < 1.29 is 18.1 Å². The van der Waals surface area contributed by atoms with E-state index in [1.807, 2.05) is 0 Å². The minimum Gasteiger partial charge on any atom is -0.312 e. The number of fused-ring (bicyclic) bond motifs is 1. The SMILES string of the molecule is C=CCn1c(=NC(=O)c2cccc(S(=O)(=O)C(C)C)c2)sc2ccc([N+](=O)[O-])cc21. The van der Waals surface area contributed by atoms with Crippen LogP contribution < -0.4 is 4.80 Å². The average Bonchev–Trinajstić information content (AvgIpc) is 3.04. The molecule has 0 unspecified atom stereocenters. The van der Waals surface area contributed by atoms with Gasteiger partial charge >= 0.3 is 0 Å². The zero-order chi connectivity index (χ0) is 22.1. The summed E-state index contributed by atoms with van der Waals surface area (Å²) in [5, 5.41) is 10.5. The molecule has 30 heavy (non-hydrogen) atoms. The Morgan fingerprint density at radius 1 is 1.30 bits per heavy atom. The summed E-state index contributed by atoms with van der Waals surface area (Å²) in [4.78, 5) is 27.9. The first-order valence-corrected chi connectivity index (χ1v) is 11.3. The minimum absolute atomic E-state index is 0.0597. The fourth-order valence-corrected chi connectivity index (χ4v) is 4.91. The smallest absolute Gasteiger partial charge is 0.279 e. The second kappa shape index (κ2) is 8.33. The summed E-state index contributed by atoms with van der Waals surface area (Å²) in [5.41, 5.74) is 0.643. The number of carbonyl (C=O) groups excluding carboxylic acids is 1. The first-order valence-electron chi connectivity index (χ1n) is 8.97. The van der Waals surface area contributed by atoms with Crippen LogP contribution >= 0.6 is 11.3 Å². The fourth-order valence-electron chi connectivity index (χ4n) is 2.79. The Morgan fingerprint density at radius 3 is 2.67 bits per heavy atom. The predicted molar refractivity (Wildman–Crippen MR) is 115 cm³/mol. The van der Waals surface area contributed by atoms with Crippen molar-refractivity contribution in [3.8, 4) is 0 Å². The van der Waals surface area contributed by atoms with E-state index >= 15 is 0 Å². The van der Waals surface area contributed by atoms with Gasteiger partial charge in [0.05, 0.1) is 25.3 Å². The van der Waals surface area contributed by atoms with Crippen molar-refractivity contribution in [1.82, 2.24) is 4.57 Å². The first-order chi connectivity index (χ1) is 14.1. The van der Waals surface area contributed by atoms with Crippen LogP contribution in [0.5, 0.6) is 0 Å². The van der Waals surface area contributed by atoms with Crippen molar-refractivity contribution in [1.29, 1.82) is 0 Å². The van der Waals surface area contributed by atoms with E-state index in [4.69, 9.17) is 0 Å². The van der Waals surface area contributed by atoms with E-state index in [0.717, 1.165) is 4.70 Å². The van der Waals surface area contributed by atoms with Crippen molar-refractivity contribution in [2.75, 3.05) is 0 Å². The molecular formula is C20H19N3O5S2. The van der Waals surface area contributed by atoms with Crippen LogP contribution in [0.15, 0.2) is 65.0 Å². The van der Waals surface area contributed by atoms with Gasteiger partial charge in [-0.05, 0) is 38.1 Å². The van der Waals surface area contributed by atoms with Crippen molar-refractivity contribution in [3.63, 3.8) is 0 Å². The molecule has 0 atom stereocenters. The highest BCUT2D eigenvalue weighted by molar-refractivity contribution is 7.92. The number of rotatable bonds is 6. The molecule has 3 rings (SSSR count). The number of nitro benzene ring substituents is 1. The standard InChI is InChI=1S/C20H19N3O5S2/c1-4-10-22-17-12-15(23(25)26)8-9-18(17)29-20(22)21-19(24)14-6-5-7-16(11-14)30(27,28)13(2)3/h4-9,11-13H,1,10H2,2-3H3. The molecular weight excluding hydrogens is 426 g/mol. The van der Waals surface area contributed by atoms with Crippen LogP contribution in [0.4, 0.5) is 5.69 Å². The monoisotopic (exact) mass is 445 g/mol. The molecule has 2 aromatic carbocycles. The van der Waals surface area contributed by atoms with E-state index in [1.165, 1.54) is 47.7 Å². The van der Waals surface area contributed by atoms with Crippen LogP contribution in [-0.2, 0) is 16.4 Å². The van der Waals surface area contributed by atoms with Crippen molar-refractivity contribution in [2.24, 2.45) is 4.99 Å². The summed E-state index contributed by atoms with van der Waals surface area (Å²) < 4.78 is 27.2. The summed E-state index contributed by atoms with van der Waals surface area (Å²) in [6.07, 6.45) is 1.60. The lowest BCUT2D eigenvalue weighted by Crippen LogP contribution is -2.17. The number of hydrogen-bond donors (Lipinski definition) is 0. The molecule has 0 saturated heterocycles. The zero-order valence-electron chi connectivity index (χ0n) is 16.3. The Kier molecular flexibility index (Phi) is 5.99. The van der Waals surface area contributed by atoms with E-state index < -0.39 is 25.9 Å². The van der Waals surface area contributed by atoms with Gasteiger partial charge in [0, 0.05) is 24.2 Å². The lowest BCUT2D eigenvalue weighted by atomic mass is 10.2. The van der Waals surface area contributed by atoms with Crippen LogP contribution in [-0.4, -0.2) is 29.1 Å². The maximum atomic E-state index is 12.8. The second-order valence-electron chi connectivity index (χ2n) is 6.73. The molecule has 0 bridgehead atoms. The molecule has 0 aliphatic heterocycles. The third-order valence-corrected chi connectivity index (χ3v) is 7.63. The summed E-state index contributed by atoms with van der Waals surface area (Å²) in [6, 6.07) is 10.2. The van der Waals surface area contributed by atoms with Gasteiger partial charge in [-0.3, -0.25) is 14.9 Å². The van der Waals surface area contributed by atoms with Gasteiger partial charge in [0.25, 0.3) is 11.6 Å². The Balaban J connectivity index is 2.13. The molecule has 0 radical (unpaired) electrons. The minimum atomic E-state index is -3.53. The molecule has 0 aliphatic carbocycles. The van der Waals surface area contributed by atoms with Gasteiger partial charge in [0.15, 0.2) is 14.6 Å². The Hall–Kier alpha value is -3.11. The molecule has 1 aromatic heterocycles. The van der Waals surface area contributed by atoms with Crippen molar-refractivity contribution >= 4 is 43.0 Å². The van der Waals surface area contributed by atoms with Crippen LogP contribution in [0.25, 0.3) is 10.2 Å². The molecule has 0 fully saturated rings. The highest BCUT2D eigenvalue weighted by Crippen LogP contribution is 2.23. The van der Waals surface area contributed by atoms with Crippen molar-refractivity contribution in [3.05, 3.63) is 75.6 Å². The predicted octanol–water partition coefficient (Wildman–Crippen LogP) is 3.72. The van der Waals surface area contributed by atoms with Crippen LogP contribution in [0.2, 0.25) is 0 Å². The number of amides is 1. The molecule has 0 saturated carbocycles. The number of nitrogens with zero attached hydrogens (tertiary/aromatic N) is 3. The van der Waals surface area contributed by atoms with Crippen LogP contribution in [0, 0.1) is 10.1 Å². The maximum absolute atomic E-state index is 12.8. The number of thiazole rings is 1. The van der Waals surface area contributed by atoms with Gasteiger partial charge in [-0.1, -0.05) is 23.5 Å². The highest BCUT2D eigenvalue weighted by Gasteiger charge is 2.20. The zero-order valence-corrected chi connectivity index (χ0v) is 17.9. The maximum Gasteiger partial charge on any atom is 0.279 e. The topological polar surface area (TPSA) is 112 Å². The second-order valence-corrected chi connectivity index (χ2v) is 10.2. The molecule has 0 aliphatic rings. The summed E-state index contributed by atoms with van der Waals surface area (Å²) in [5.74, 6) is -0.602. The summed E-state index contributed by atoms with van der Waals surface area (Å²) >= 11 is 1.21. The molecule has 3 aromatic rings. The van der Waals surface area contributed by atoms with Gasteiger partial charge in [0.2, 0.25) is 0 Å². The molecule has 8 nitrogen and oxygen atoms in total. The van der Waals surface area contributed by atoms with Gasteiger partial charge < -0.3 is 4.57 Å². The third-order valence-electron chi connectivity index (χ3n) is 4.42. The number of carbonyl (C=O) groups is 1. The van der Waals surface area contributed by atoms with E-state index in [1.54, 1.807) is 30.6 Å². The van der Waals surface area contributed by atoms with Crippen LogP contribution in [0.1, 0.15) is 24.2 Å². The number of sulfone groups is 1. The lowest BCUT2D eigenvalue weighted by molar-refractivity contribution is -0.384. The summed E-state index contributed by atoms with van der Waals surface area (Å²) in [6.45, 7) is 7.14. The first kappa shape index (κ1) is 21.6. The van der Waals surface area contributed by atoms with Gasteiger partial charge in [0.1, 0.15) is 0 Å². The lowest BCUT2D eigenvalue weighted by Gasteiger charge is -2.08. The Morgan fingerprint density at radius 2 is 2.03 bits per heavy atom. The molecule has 10 heteroatoms. The number of non-ortho nitro benzene ring substituents is 1. The van der Waals surface area contributed by atoms with Gasteiger partial charge in [-0.25, -0.2) is 8.42 Å². The number of benzene rings is 2. The quantitative estimate of drug-likeness (QED) is 0.326. The van der Waals surface area contributed by atoms with Crippen LogP contribution in [0.3, 0.4) is 0 Å². The molecule has 1 heterocycles. The molecule has 156 valence electrons. The number of allylic oxidation sites excluding steroid dienone is 1. The number of nitro groups is 1. The van der Waals surface area contributed by atoms with Gasteiger partial charge in [-0.2, -0.15) is 4.99 Å². The molecule has 1 amide bonds. The molecule has 0 spiro atoms. The molecule has 0 N–H and O–H groups in total. The van der Waals surface area contributed by atoms with E-state index in [2.05, 4.69) is 11.6 Å². The van der Waals surface area contributed by atoms with Crippen molar-refractivity contribution in [2.45, 2.75) is 30.5 Å². The van der Waals surface area contributed by atoms with E-state index in [0.29, 0.717) is 16.9 Å². The number of hydrogen-bond acceptors (Lipinski definition) is 6. The third kappa shape index (κ3) is 4.10. The normalized spacial score (nSPS) is 12.4. The van der Waals surface area contributed by atoms with E-state index in [9.17, 15) is 23.3 Å². The highest BCUT2D eigenvalue weighted by atomic mass is 32.2. The summed E-state index contributed by atoms with van der Waals surface area (Å²) in [7, 11) is -3.53. The Bertz CT molecular complexity index is 1330. The Labute approximate surface area is 176 Å². The van der Waals surface area contributed by atoms with Gasteiger partial charge in [-0.15, -0.1) is 6.58 Å². The largest absolute Gasteiger partial charge is 0.312 e. The number of aromatic nitrogens is 1. The average molecular weight is 446 g/mol. The van der Waals surface area contributed by atoms with E-state index in [-0.39, 0.29) is 16.1 Å². The fraction of sp³-hybridized carbons (Fsp3) is 0.200.